The van der Waals surface area contributed by atoms with Gasteiger partial charge >= 0.3 is 0 Å². The van der Waals surface area contributed by atoms with E-state index in [9.17, 15) is 0 Å². The summed E-state index contributed by atoms with van der Waals surface area (Å²) in [5.41, 5.74) is 0. The fourth-order valence-corrected chi connectivity index (χ4v) is 6.20. The van der Waals surface area contributed by atoms with Crippen LogP contribution < -0.4 is 0 Å². The molecular formula is C16H24O. The first kappa shape index (κ1) is 10.6. The molecule has 0 radical (unpaired) electrons. The Morgan fingerprint density at radius 3 is 2.47 bits per heavy atom. The Balaban J connectivity index is 1.59. The first-order chi connectivity index (χ1) is 8.31. The van der Waals surface area contributed by atoms with E-state index in [2.05, 4.69) is 19.1 Å². The van der Waals surface area contributed by atoms with E-state index >= 15 is 0 Å². The van der Waals surface area contributed by atoms with Crippen molar-refractivity contribution in [1.82, 2.24) is 0 Å². The zero-order chi connectivity index (χ0) is 11.6. The average Bonchev–Trinajstić information content (AvgIpc) is 3.04. The molecule has 0 spiro atoms. The molecule has 4 aliphatic rings. The minimum absolute atomic E-state index is 0.956. The van der Waals surface area contributed by atoms with E-state index < -0.39 is 0 Å². The molecule has 17 heavy (non-hydrogen) atoms. The summed E-state index contributed by atoms with van der Waals surface area (Å²) < 4.78 is 5.32. The molecule has 8 unspecified atom stereocenters. The maximum Gasteiger partial charge on any atom is 0.0465 e. The van der Waals surface area contributed by atoms with E-state index in [4.69, 9.17) is 4.74 Å². The van der Waals surface area contributed by atoms with Crippen LogP contribution in [0.2, 0.25) is 0 Å². The molecule has 0 saturated heterocycles. The number of methoxy groups -OCH3 is 1. The minimum Gasteiger partial charge on any atom is -0.385 e. The van der Waals surface area contributed by atoms with Crippen LogP contribution >= 0.6 is 0 Å². The average molecular weight is 232 g/mol. The van der Waals surface area contributed by atoms with Gasteiger partial charge < -0.3 is 4.74 Å². The Labute approximate surface area is 105 Å². The topological polar surface area (TPSA) is 9.23 Å². The van der Waals surface area contributed by atoms with Gasteiger partial charge in [0.15, 0.2) is 0 Å². The van der Waals surface area contributed by atoms with Crippen LogP contribution in [0.3, 0.4) is 0 Å². The summed E-state index contributed by atoms with van der Waals surface area (Å²) >= 11 is 0. The highest BCUT2D eigenvalue weighted by molar-refractivity contribution is 5.21. The second kappa shape index (κ2) is 3.60. The second-order valence-electron chi connectivity index (χ2n) is 6.97. The Morgan fingerprint density at radius 1 is 1.06 bits per heavy atom. The molecule has 1 heteroatoms. The van der Waals surface area contributed by atoms with Crippen LogP contribution in [0.4, 0.5) is 0 Å². The molecule has 3 fully saturated rings. The minimum atomic E-state index is 0.956. The highest BCUT2D eigenvalue weighted by Gasteiger charge is 2.62. The van der Waals surface area contributed by atoms with Crippen LogP contribution in [0.1, 0.15) is 26.2 Å². The van der Waals surface area contributed by atoms with Crippen LogP contribution in [-0.2, 0) is 4.74 Å². The molecule has 8 atom stereocenters. The fourth-order valence-electron chi connectivity index (χ4n) is 6.20. The summed E-state index contributed by atoms with van der Waals surface area (Å²) in [4.78, 5) is 0. The SMILES string of the molecule is COCCC1C(C)C2CC1C1C3C=CC(C3)C21. The summed E-state index contributed by atoms with van der Waals surface area (Å²) in [7, 11) is 1.85. The van der Waals surface area contributed by atoms with Gasteiger partial charge in [-0.3, -0.25) is 0 Å². The van der Waals surface area contributed by atoms with Crippen molar-refractivity contribution in [1.29, 1.82) is 0 Å². The molecule has 1 nitrogen and oxygen atoms in total. The zero-order valence-corrected chi connectivity index (χ0v) is 11.0. The smallest absolute Gasteiger partial charge is 0.0465 e. The third-order valence-corrected chi connectivity index (χ3v) is 6.67. The van der Waals surface area contributed by atoms with Gasteiger partial charge in [0.05, 0.1) is 0 Å². The molecule has 4 bridgehead atoms. The van der Waals surface area contributed by atoms with Gasteiger partial charge in [-0.2, -0.15) is 0 Å². The lowest BCUT2D eigenvalue weighted by atomic mass is 9.64. The lowest BCUT2D eigenvalue weighted by Crippen LogP contribution is -2.36. The molecule has 0 aromatic heterocycles. The van der Waals surface area contributed by atoms with Gasteiger partial charge in [0.1, 0.15) is 0 Å². The van der Waals surface area contributed by atoms with Crippen molar-refractivity contribution in [2.45, 2.75) is 26.2 Å². The number of allylic oxidation sites excluding steroid dienone is 2. The predicted octanol–water partition coefficient (Wildman–Crippen LogP) is 3.36. The summed E-state index contributed by atoms with van der Waals surface area (Å²) in [5.74, 6) is 8.07. The van der Waals surface area contributed by atoms with Gasteiger partial charge in [-0.05, 0) is 66.6 Å². The molecule has 3 saturated carbocycles. The lowest BCUT2D eigenvalue weighted by Gasteiger charge is -2.40. The van der Waals surface area contributed by atoms with Gasteiger partial charge in [-0.25, -0.2) is 0 Å². The first-order valence-corrected chi connectivity index (χ1v) is 7.48. The highest BCUT2D eigenvalue weighted by Crippen LogP contribution is 2.68. The van der Waals surface area contributed by atoms with Crippen LogP contribution in [0.25, 0.3) is 0 Å². The Morgan fingerprint density at radius 2 is 1.76 bits per heavy atom. The van der Waals surface area contributed by atoms with Gasteiger partial charge in [0.25, 0.3) is 0 Å². The number of hydrogen-bond donors (Lipinski definition) is 0. The number of rotatable bonds is 3. The molecule has 0 N–H and O–H groups in total. The van der Waals surface area contributed by atoms with Gasteiger partial charge in [0.2, 0.25) is 0 Å². The van der Waals surface area contributed by atoms with E-state index in [0.29, 0.717) is 0 Å². The van der Waals surface area contributed by atoms with E-state index in [-0.39, 0.29) is 0 Å². The van der Waals surface area contributed by atoms with Crippen LogP contribution in [0, 0.1) is 47.3 Å². The van der Waals surface area contributed by atoms with Crippen molar-refractivity contribution in [3.63, 3.8) is 0 Å². The zero-order valence-electron chi connectivity index (χ0n) is 11.0. The van der Waals surface area contributed by atoms with Crippen LogP contribution in [0.15, 0.2) is 12.2 Å². The molecule has 0 aliphatic heterocycles. The quantitative estimate of drug-likeness (QED) is 0.535. The van der Waals surface area contributed by atoms with E-state index in [0.717, 1.165) is 54.0 Å². The number of ether oxygens (including phenoxy) is 1. The molecule has 4 aliphatic carbocycles. The van der Waals surface area contributed by atoms with Gasteiger partial charge in [0, 0.05) is 13.7 Å². The monoisotopic (exact) mass is 232 g/mol. The number of fused-ring (bicyclic) bond motifs is 9. The molecule has 4 rings (SSSR count). The molecular weight excluding hydrogens is 208 g/mol. The summed E-state index contributed by atoms with van der Waals surface area (Å²) in [6, 6.07) is 0. The van der Waals surface area contributed by atoms with Crippen LogP contribution in [-0.4, -0.2) is 13.7 Å². The Bertz CT molecular complexity index is 347. The lowest BCUT2D eigenvalue weighted by molar-refractivity contribution is 0.0702. The maximum absolute atomic E-state index is 5.32. The Hall–Kier alpha value is -0.300. The van der Waals surface area contributed by atoms with Gasteiger partial charge in [-0.1, -0.05) is 19.1 Å². The van der Waals surface area contributed by atoms with Crippen molar-refractivity contribution in [2.75, 3.05) is 13.7 Å². The fraction of sp³-hybridized carbons (Fsp3) is 0.875. The molecule has 94 valence electrons. The van der Waals surface area contributed by atoms with Crippen molar-refractivity contribution in [3.8, 4) is 0 Å². The Kier molecular flexibility index (Phi) is 2.25. The normalized spacial score (nSPS) is 58.0. The summed E-state index contributed by atoms with van der Waals surface area (Å²) in [5, 5.41) is 0. The standard InChI is InChI=1S/C16H24O/c1-9-12(5-6-17-2)14-8-13(9)15-10-3-4-11(7-10)16(14)15/h3-4,9-16H,5-8H2,1-2H3. The van der Waals surface area contributed by atoms with E-state index in [1.165, 1.54) is 12.8 Å². The third kappa shape index (κ3) is 1.24. The van der Waals surface area contributed by atoms with Crippen molar-refractivity contribution < 1.29 is 4.74 Å². The summed E-state index contributed by atoms with van der Waals surface area (Å²) in [6.07, 6.45) is 9.43. The molecule has 0 aromatic carbocycles. The third-order valence-electron chi connectivity index (χ3n) is 6.67. The van der Waals surface area contributed by atoms with Crippen molar-refractivity contribution in [3.05, 3.63) is 12.2 Å². The largest absolute Gasteiger partial charge is 0.385 e. The van der Waals surface area contributed by atoms with Crippen molar-refractivity contribution in [2.24, 2.45) is 47.3 Å². The molecule has 0 amide bonds. The molecule has 0 aromatic rings. The van der Waals surface area contributed by atoms with Gasteiger partial charge in [-0.15, -0.1) is 0 Å². The predicted molar refractivity (Wildman–Crippen MR) is 68.5 cm³/mol. The second-order valence-corrected chi connectivity index (χ2v) is 6.97. The van der Waals surface area contributed by atoms with Crippen LogP contribution in [0.5, 0.6) is 0 Å². The van der Waals surface area contributed by atoms with Crippen molar-refractivity contribution >= 4 is 0 Å². The first-order valence-electron chi connectivity index (χ1n) is 7.48. The highest BCUT2D eigenvalue weighted by atomic mass is 16.5. The maximum atomic E-state index is 5.32. The molecule has 0 heterocycles. The van der Waals surface area contributed by atoms with E-state index in [1.807, 2.05) is 7.11 Å². The number of hydrogen-bond acceptors (Lipinski definition) is 1. The van der Waals surface area contributed by atoms with E-state index in [1.54, 1.807) is 6.42 Å². The summed E-state index contributed by atoms with van der Waals surface area (Å²) in [6.45, 7) is 3.50.